The zero-order chi connectivity index (χ0) is 18.5. The van der Waals surface area contributed by atoms with Gasteiger partial charge in [-0.3, -0.25) is 0 Å². The number of hydrogen-bond acceptors (Lipinski definition) is 2. The zero-order valence-electron chi connectivity index (χ0n) is 16.5. The molecule has 0 N–H and O–H groups in total. The van der Waals surface area contributed by atoms with E-state index in [1.54, 1.807) is 0 Å². The Hall–Kier alpha value is -0.910. The van der Waals surface area contributed by atoms with Gasteiger partial charge in [-0.1, -0.05) is 6.92 Å². The molecule has 4 nitrogen and oxygen atoms in total. The summed E-state index contributed by atoms with van der Waals surface area (Å²) in [4.78, 5) is 0. The van der Waals surface area contributed by atoms with Crippen molar-refractivity contribution in [2.45, 2.75) is 39.3 Å². The van der Waals surface area contributed by atoms with E-state index < -0.39 is 0 Å². The molecule has 7 heteroatoms. The summed E-state index contributed by atoms with van der Waals surface area (Å²) >= 11 is 5.59. The van der Waals surface area contributed by atoms with Gasteiger partial charge in [0.2, 0.25) is 0 Å². The van der Waals surface area contributed by atoms with Crippen molar-refractivity contribution in [2.24, 2.45) is 0 Å². The number of alkyl halides is 1. The number of pyridine rings is 2. The number of hydrogen-bond donors (Lipinski definition) is 0. The average molecular weight is 450 g/mol. The van der Waals surface area contributed by atoms with Crippen molar-refractivity contribution in [2.75, 3.05) is 32.3 Å². The fourth-order valence-electron chi connectivity index (χ4n) is 2.64. The number of halogens is 3. The summed E-state index contributed by atoms with van der Waals surface area (Å²) in [6.45, 7) is 6.83. The largest absolute Gasteiger partial charge is 1.00 e. The summed E-state index contributed by atoms with van der Waals surface area (Å²) in [6, 6.07) is 8.79. The minimum absolute atomic E-state index is 0. The Morgan fingerprint density at radius 1 is 0.714 bits per heavy atom. The van der Waals surface area contributed by atoms with Crippen LogP contribution in [0.4, 0.5) is 0 Å². The first-order chi connectivity index (χ1) is 12.8. The van der Waals surface area contributed by atoms with Gasteiger partial charge in [0.15, 0.2) is 37.9 Å². The van der Waals surface area contributed by atoms with Crippen LogP contribution in [-0.2, 0) is 35.4 Å². The van der Waals surface area contributed by atoms with Crippen molar-refractivity contribution in [3.8, 4) is 0 Å². The number of rotatable bonds is 13. The molecule has 2 heterocycles. The van der Waals surface area contributed by atoms with E-state index in [2.05, 4.69) is 65.1 Å². The molecule has 0 spiro atoms. The van der Waals surface area contributed by atoms with Crippen molar-refractivity contribution in [1.29, 1.82) is 0 Å². The highest BCUT2D eigenvalue weighted by Gasteiger charge is 2.04. The molecule has 0 bridgehead atoms. The molecule has 0 aliphatic carbocycles. The van der Waals surface area contributed by atoms with E-state index in [1.807, 2.05) is 0 Å². The average Bonchev–Trinajstić information content (AvgIpc) is 2.69. The number of aryl methyl sites for hydroxylation is 2. The lowest BCUT2D eigenvalue weighted by molar-refractivity contribution is -0.698. The van der Waals surface area contributed by atoms with E-state index in [1.165, 1.54) is 11.1 Å². The van der Waals surface area contributed by atoms with Gasteiger partial charge in [-0.15, -0.1) is 11.6 Å². The summed E-state index contributed by atoms with van der Waals surface area (Å²) in [6.07, 6.45) is 11.7. The highest BCUT2D eigenvalue weighted by Crippen LogP contribution is 2.04. The van der Waals surface area contributed by atoms with Crippen LogP contribution in [0.1, 0.15) is 24.5 Å². The lowest BCUT2D eigenvalue weighted by Crippen LogP contribution is -3.00. The molecule has 2 rings (SSSR count). The van der Waals surface area contributed by atoms with Gasteiger partial charge in [0.05, 0.1) is 6.61 Å². The maximum Gasteiger partial charge on any atom is 0.171 e. The Balaban J connectivity index is 0.00000364. The Morgan fingerprint density at radius 2 is 1.14 bits per heavy atom. The Kier molecular flexibility index (Phi) is 16.4. The molecule has 0 saturated carbocycles. The van der Waals surface area contributed by atoms with Crippen LogP contribution in [-0.4, -0.2) is 32.3 Å². The van der Waals surface area contributed by atoms with Crippen LogP contribution in [0.15, 0.2) is 49.1 Å². The second-order valence-corrected chi connectivity index (χ2v) is 6.68. The first-order valence-electron chi connectivity index (χ1n) is 9.49. The first kappa shape index (κ1) is 27.1. The van der Waals surface area contributed by atoms with E-state index >= 15 is 0 Å². The van der Waals surface area contributed by atoms with E-state index in [-0.39, 0.29) is 24.8 Å². The quantitative estimate of drug-likeness (QED) is 0.182. The van der Waals surface area contributed by atoms with Gasteiger partial charge < -0.3 is 34.3 Å². The van der Waals surface area contributed by atoms with Crippen LogP contribution >= 0.6 is 11.6 Å². The lowest BCUT2D eigenvalue weighted by atomic mass is 10.1. The van der Waals surface area contributed by atoms with Gasteiger partial charge in [-0.25, -0.2) is 9.13 Å². The zero-order valence-corrected chi connectivity index (χ0v) is 18.8. The fraction of sp³-hybridized carbons (Fsp3) is 0.524. The van der Waals surface area contributed by atoms with Crippen molar-refractivity contribution in [3.05, 3.63) is 60.2 Å². The topological polar surface area (TPSA) is 26.2 Å². The molecule has 0 aliphatic rings. The van der Waals surface area contributed by atoms with Crippen LogP contribution in [0.3, 0.4) is 0 Å². The maximum atomic E-state index is 5.59. The van der Waals surface area contributed by atoms with Gasteiger partial charge in [0.25, 0.3) is 0 Å². The van der Waals surface area contributed by atoms with E-state index in [0.29, 0.717) is 19.1 Å². The summed E-state index contributed by atoms with van der Waals surface area (Å²) in [7, 11) is 0. The highest BCUT2D eigenvalue weighted by atomic mass is 35.5. The number of ether oxygens (including phenoxy) is 2. The maximum absolute atomic E-state index is 5.59. The second-order valence-electron chi connectivity index (χ2n) is 6.30. The molecular weight excluding hydrogens is 419 g/mol. The molecule has 0 aliphatic heterocycles. The molecule has 0 amide bonds. The Bertz CT molecular complexity index is 555. The third-order valence-electron chi connectivity index (χ3n) is 4.18. The van der Waals surface area contributed by atoms with Crippen LogP contribution in [0.2, 0.25) is 0 Å². The van der Waals surface area contributed by atoms with Gasteiger partial charge in [0, 0.05) is 36.8 Å². The summed E-state index contributed by atoms with van der Waals surface area (Å²) < 4.78 is 15.3. The van der Waals surface area contributed by atoms with Crippen molar-refractivity contribution < 1.29 is 43.4 Å². The molecule has 0 aromatic carbocycles. The normalized spacial score (nSPS) is 10.2. The minimum Gasteiger partial charge on any atom is -1.00 e. The molecule has 2 aromatic heterocycles. The highest BCUT2D eigenvalue weighted by molar-refractivity contribution is 6.17. The first-order valence-corrected chi connectivity index (χ1v) is 10.0. The number of nitrogens with zero attached hydrogens (tertiary/aromatic N) is 2. The summed E-state index contributed by atoms with van der Waals surface area (Å²) in [5, 5.41) is 0. The molecule has 0 atom stereocenters. The van der Waals surface area contributed by atoms with Crippen molar-refractivity contribution in [1.82, 2.24) is 0 Å². The van der Waals surface area contributed by atoms with Crippen LogP contribution in [0.25, 0.3) is 0 Å². The molecule has 158 valence electrons. The van der Waals surface area contributed by atoms with E-state index in [4.69, 9.17) is 21.1 Å². The molecule has 0 unspecified atom stereocenters. The Labute approximate surface area is 186 Å². The number of aromatic nitrogens is 2. The third-order valence-corrected chi connectivity index (χ3v) is 4.33. The molecule has 28 heavy (non-hydrogen) atoms. The van der Waals surface area contributed by atoms with Crippen LogP contribution < -0.4 is 33.9 Å². The molecule has 0 fully saturated rings. The second kappa shape index (κ2) is 17.0. The van der Waals surface area contributed by atoms with Crippen LogP contribution in [0.5, 0.6) is 0 Å². The molecule has 2 aromatic rings. The standard InChI is InChI=1S/C21H31ClN2O2.2ClH/c1-2-16-25-18-14-23-10-5-20(6-11-23)3-4-21-7-12-24(13-8-21)15-19-26-17-9-22;;/h5-8,10-13H,2-4,9,14-19H2,1H3;2*1H/q+2;;/p-2. The lowest BCUT2D eigenvalue weighted by Gasteiger charge is -2.03. The third kappa shape index (κ3) is 11.2. The van der Waals surface area contributed by atoms with Gasteiger partial charge in [-0.05, 0) is 30.4 Å². The fourth-order valence-corrected chi connectivity index (χ4v) is 2.75. The summed E-state index contributed by atoms with van der Waals surface area (Å²) in [5.41, 5.74) is 2.72. The van der Waals surface area contributed by atoms with Gasteiger partial charge in [0.1, 0.15) is 13.2 Å². The summed E-state index contributed by atoms with van der Waals surface area (Å²) in [5.74, 6) is 0.551. The van der Waals surface area contributed by atoms with E-state index in [0.717, 1.165) is 45.6 Å². The van der Waals surface area contributed by atoms with Crippen molar-refractivity contribution >= 4 is 11.6 Å². The SMILES string of the molecule is CCCOCC[n+]1ccc(CCc2cc[n+](CCOCCCl)cc2)cc1.[Cl-].[Cl-]. The Morgan fingerprint density at radius 3 is 1.54 bits per heavy atom. The molecular formula is C21H31Cl3N2O2. The van der Waals surface area contributed by atoms with Gasteiger partial charge in [-0.2, -0.15) is 0 Å². The minimum atomic E-state index is 0. The monoisotopic (exact) mass is 448 g/mol. The van der Waals surface area contributed by atoms with Gasteiger partial charge >= 0.3 is 0 Å². The van der Waals surface area contributed by atoms with Crippen LogP contribution in [0, 0.1) is 0 Å². The molecule has 0 saturated heterocycles. The predicted molar refractivity (Wildman–Crippen MR) is 103 cm³/mol. The van der Waals surface area contributed by atoms with Crippen molar-refractivity contribution in [3.63, 3.8) is 0 Å². The van der Waals surface area contributed by atoms with E-state index in [9.17, 15) is 0 Å². The smallest absolute Gasteiger partial charge is 0.171 e. The molecule has 0 radical (unpaired) electrons. The predicted octanol–water partition coefficient (Wildman–Crippen LogP) is -3.26.